The van der Waals surface area contributed by atoms with Gasteiger partial charge in [-0.05, 0) is 33.4 Å². The van der Waals surface area contributed by atoms with Crippen LogP contribution in [0, 0.1) is 0 Å². The van der Waals surface area contributed by atoms with E-state index in [1.54, 1.807) is 17.5 Å². The molecule has 0 saturated carbocycles. The average molecular weight is 313 g/mol. The third-order valence-corrected chi connectivity index (χ3v) is 3.71. The molecule has 17 heavy (non-hydrogen) atoms. The van der Waals surface area contributed by atoms with Gasteiger partial charge in [0.15, 0.2) is 0 Å². The average Bonchev–Trinajstić information content (AvgIpc) is 2.81. The predicted molar refractivity (Wildman–Crippen MR) is 74.3 cm³/mol. The minimum absolute atomic E-state index is 0.00342. The monoisotopic (exact) mass is 312 g/mol. The predicted octanol–water partition coefficient (Wildman–Crippen LogP) is 3.03. The van der Waals surface area contributed by atoms with Crippen molar-refractivity contribution in [3.63, 3.8) is 0 Å². The molecule has 0 atom stereocenters. The van der Waals surface area contributed by atoms with E-state index >= 15 is 0 Å². The SMILES string of the molecule is CN(Cc1cccs1)c1ncc(Br)cc1CO. The van der Waals surface area contributed by atoms with Crippen molar-refractivity contribution in [1.29, 1.82) is 0 Å². The van der Waals surface area contributed by atoms with E-state index in [0.29, 0.717) is 0 Å². The van der Waals surface area contributed by atoms with Crippen LogP contribution in [0.25, 0.3) is 0 Å². The first-order chi connectivity index (χ1) is 8.20. The molecule has 2 aromatic rings. The number of hydrogen-bond acceptors (Lipinski definition) is 4. The summed E-state index contributed by atoms with van der Waals surface area (Å²) in [5, 5.41) is 11.4. The molecule has 90 valence electrons. The van der Waals surface area contributed by atoms with E-state index in [4.69, 9.17) is 0 Å². The smallest absolute Gasteiger partial charge is 0.134 e. The highest BCUT2D eigenvalue weighted by molar-refractivity contribution is 9.10. The normalized spacial score (nSPS) is 10.5. The van der Waals surface area contributed by atoms with Crippen molar-refractivity contribution in [3.05, 3.63) is 44.7 Å². The summed E-state index contributed by atoms with van der Waals surface area (Å²) < 4.78 is 0.884. The van der Waals surface area contributed by atoms with Crippen molar-refractivity contribution in [1.82, 2.24) is 4.98 Å². The summed E-state index contributed by atoms with van der Waals surface area (Å²) in [5.41, 5.74) is 0.832. The Morgan fingerprint density at radius 1 is 1.53 bits per heavy atom. The quantitative estimate of drug-likeness (QED) is 0.942. The van der Waals surface area contributed by atoms with Crippen molar-refractivity contribution in [2.45, 2.75) is 13.2 Å². The number of rotatable bonds is 4. The molecule has 0 aliphatic heterocycles. The summed E-state index contributed by atoms with van der Waals surface area (Å²) in [4.78, 5) is 7.68. The Balaban J connectivity index is 2.21. The number of thiophene rings is 1. The zero-order valence-corrected chi connectivity index (χ0v) is 11.8. The van der Waals surface area contributed by atoms with Gasteiger partial charge in [0.1, 0.15) is 5.82 Å². The molecular weight excluding hydrogens is 300 g/mol. The molecule has 0 aliphatic carbocycles. The second kappa shape index (κ2) is 5.62. The number of aliphatic hydroxyl groups excluding tert-OH is 1. The van der Waals surface area contributed by atoms with E-state index in [1.807, 2.05) is 24.1 Å². The maximum atomic E-state index is 9.33. The molecule has 0 spiro atoms. The maximum Gasteiger partial charge on any atom is 0.134 e. The van der Waals surface area contributed by atoms with Crippen LogP contribution in [0.5, 0.6) is 0 Å². The Morgan fingerprint density at radius 3 is 3.00 bits per heavy atom. The van der Waals surface area contributed by atoms with Crippen LogP contribution in [-0.2, 0) is 13.2 Å². The number of hydrogen-bond donors (Lipinski definition) is 1. The van der Waals surface area contributed by atoms with Crippen LogP contribution >= 0.6 is 27.3 Å². The summed E-state index contributed by atoms with van der Waals surface area (Å²) in [6.07, 6.45) is 1.75. The van der Waals surface area contributed by atoms with Crippen molar-refractivity contribution in [2.24, 2.45) is 0 Å². The van der Waals surface area contributed by atoms with Gasteiger partial charge in [-0.15, -0.1) is 11.3 Å². The minimum atomic E-state index is -0.00342. The lowest BCUT2D eigenvalue weighted by atomic mass is 10.2. The molecular formula is C12H13BrN2OS. The second-order valence-electron chi connectivity index (χ2n) is 3.73. The van der Waals surface area contributed by atoms with Crippen LogP contribution in [0.4, 0.5) is 5.82 Å². The van der Waals surface area contributed by atoms with Gasteiger partial charge in [0.05, 0.1) is 13.2 Å². The van der Waals surface area contributed by atoms with Crippen LogP contribution in [0.2, 0.25) is 0 Å². The third kappa shape index (κ3) is 3.06. The zero-order valence-electron chi connectivity index (χ0n) is 9.43. The number of nitrogens with zero attached hydrogens (tertiary/aromatic N) is 2. The number of aromatic nitrogens is 1. The lowest BCUT2D eigenvalue weighted by molar-refractivity contribution is 0.281. The highest BCUT2D eigenvalue weighted by atomic mass is 79.9. The van der Waals surface area contributed by atoms with Gasteiger partial charge in [-0.2, -0.15) is 0 Å². The van der Waals surface area contributed by atoms with Gasteiger partial charge in [0.2, 0.25) is 0 Å². The molecule has 5 heteroatoms. The molecule has 2 rings (SSSR count). The Morgan fingerprint density at radius 2 is 2.35 bits per heavy atom. The first-order valence-corrected chi connectivity index (χ1v) is 6.87. The van der Waals surface area contributed by atoms with Crippen LogP contribution in [0.15, 0.2) is 34.2 Å². The second-order valence-corrected chi connectivity index (χ2v) is 5.68. The Labute approximate surface area is 113 Å². The third-order valence-electron chi connectivity index (χ3n) is 2.41. The van der Waals surface area contributed by atoms with Gasteiger partial charge in [-0.3, -0.25) is 0 Å². The molecule has 0 bridgehead atoms. The Bertz CT molecular complexity index is 487. The van der Waals surface area contributed by atoms with Crippen molar-refractivity contribution >= 4 is 33.1 Å². The van der Waals surface area contributed by atoms with Gasteiger partial charge in [-0.25, -0.2) is 4.98 Å². The van der Waals surface area contributed by atoms with Gasteiger partial charge in [-0.1, -0.05) is 6.07 Å². The molecule has 0 saturated heterocycles. The number of pyridine rings is 1. The topological polar surface area (TPSA) is 36.4 Å². The summed E-state index contributed by atoms with van der Waals surface area (Å²) >= 11 is 5.08. The highest BCUT2D eigenvalue weighted by Gasteiger charge is 2.10. The Kier molecular flexibility index (Phi) is 4.15. The molecule has 2 heterocycles. The fourth-order valence-corrected chi connectivity index (χ4v) is 2.78. The molecule has 1 N–H and O–H groups in total. The van der Waals surface area contributed by atoms with Crippen LogP contribution in [0.1, 0.15) is 10.4 Å². The summed E-state index contributed by atoms with van der Waals surface area (Å²) in [7, 11) is 1.98. The summed E-state index contributed by atoms with van der Waals surface area (Å²) in [5.74, 6) is 0.823. The summed E-state index contributed by atoms with van der Waals surface area (Å²) in [6.45, 7) is 0.801. The standard InChI is InChI=1S/C12H13BrN2OS/c1-15(7-11-3-2-4-17-11)12-9(8-16)5-10(13)6-14-12/h2-6,16H,7-8H2,1H3. The molecule has 0 fully saturated rings. The number of aliphatic hydroxyl groups is 1. The first kappa shape index (κ1) is 12.5. The molecule has 3 nitrogen and oxygen atoms in total. The fourth-order valence-electron chi connectivity index (χ4n) is 1.65. The van der Waals surface area contributed by atoms with Crippen LogP contribution in [-0.4, -0.2) is 17.1 Å². The molecule has 0 amide bonds. The highest BCUT2D eigenvalue weighted by Crippen LogP contribution is 2.23. The molecule has 0 radical (unpaired) electrons. The van der Waals surface area contributed by atoms with Crippen molar-refractivity contribution < 1.29 is 5.11 Å². The molecule has 0 unspecified atom stereocenters. The zero-order chi connectivity index (χ0) is 12.3. The van der Waals surface area contributed by atoms with Crippen molar-refractivity contribution in [3.8, 4) is 0 Å². The first-order valence-electron chi connectivity index (χ1n) is 5.19. The van der Waals surface area contributed by atoms with E-state index in [9.17, 15) is 5.11 Å². The summed E-state index contributed by atoms with van der Waals surface area (Å²) in [6, 6.07) is 6.03. The molecule has 0 aliphatic rings. The molecule has 2 aromatic heterocycles. The number of halogens is 1. The van der Waals surface area contributed by atoms with E-state index in [0.717, 1.165) is 22.4 Å². The lowest BCUT2D eigenvalue weighted by Crippen LogP contribution is -2.18. The van der Waals surface area contributed by atoms with E-state index < -0.39 is 0 Å². The maximum absolute atomic E-state index is 9.33. The van der Waals surface area contributed by atoms with Gasteiger partial charge in [0.25, 0.3) is 0 Å². The lowest BCUT2D eigenvalue weighted by Gasteiger charge is -2.20. The fraction of sp³-hybridized carbons (Fsp3) is 0.250. The van der Waals surface area contributed by atoms with Gasteiger partial charge in [0, 0.05) is 28.2 Å². The van der Waals surface area contributed by atoms with Crippen LogP contribution < -0.4 is 4.90 Å². The Hall–Kier alpha value is -0.910. The van der Waals surface area contributed by atoms with E-state index in [-0.39, 0.29) is 6.61 Å². The molecule has 0 aromatic carbocycles. The van der Waals surface area contributed by atoms with Gasteiger partial charge >= 0.3 is 0 Å². The van der Waals surface area contributed by atoms with Crippen LogP contribution in [0.3, 0.4) is 0 Å². The van der Waals surface area contributed by atoms with E-state index in [1.165, 1.54) is 4.88 Å². The largest absolute Gasteiger partial charge is 0.392 e. The minimum Gasteiger partial charge on any atom is -0.392 e. The van der Waals surface area contributed by atoms with Crippen molar-refractivity contribution in [2.75, 3.05) is 11.9 Å². The van der Waals surface area contributed by atoms with Gasteiger partial charge < -0.3 is 10.0 Å². The van der Waals surface area contributed by atoms with E-state index in [2.05, 4.69) is 32.4 Å². The number of anilines is 1.